The Morgan fingerprint density at radius 1 is 1.19 bits per heavy atom. The second-order valence-corrected chi connectivity index (χ2v) is 6.38. The number of hydroxylamine groups is 1. The summed E-state index contributed by atoms with van der Waals surface area (Å²) in [6.45, 7) is 3.68. The fourth-order valence-electron chi connectivity index (χ4n) is 2.31. The first-order valence-corrected chi connectivity index (χ1v) is 8.24. The smallest absolute Gasteiger partial charge is 0.354 e. The molecule has 0 aromatic heterocycles. The molecule has 26 heavy (non-hydrogen) atoms. The number of amides is 3. The highest BCUT2D eigenvalue weighted by Gasteiger charge is 2.29. The van der Waals surface area contributed by atoms with Gasteiger partial charge in [-0.3, -0.25) is 4.79 Å². The number of aliphatic hydroxyl groups excluding tert-OH is 1. The van der Waals surface area contributed by atoms with Crippen molar-refractivity contribution in [2.45, 2.75) is 44.9 Å². The lowest BCUT2D eigenvalue weighted by molar-refractivity contribution is -0.154. The second kappa shape index (κ2) is 10.4. The molecule has 0 aliphatic rings. The van der Waals surface area contributed by atoms with Gasteiger partial charge in [0.25, 0.3) is 5.91 Å². The van der Waals surface area contributed by atoms with Crippen LogP contribution in [0.2, 0.25) is 0 Å². The number of hydrogen-bond acceptors (Lipinski definition) is 6. The summed E-state index contributed by atoms with van der Waals surface area (Å²) in [5.41, 5.74) is 13.3. The van der Waals surface area contributed by atoms with E-state index < -0.39 is 36.1 Å². The van der Waals surface area contributed by atoms with Gasteiger partial charge in [-0.1, -0.05) is 44.2 Å². The summed E-state index contributed by atoms with van der Waals surface area (Å²) in [6, 6.07) is 6.21. The van der Waals surface area contributed by atoms with E-state index in [0.29, 0.717) is 0 Å². The van der Waals surface area contributed by atoms with Gasteiger partial charge in [0.05, 0.1) is 0 Å². The van der Waals surface area contributed by atoms with Crippen LogP contribution < -0.4 is 22.3 Å². The summed E-state index contributed by atoms with van der Waals surface area (Å²) in [4.78, 5) is 39.4. The molecule has 3 unspecified atom stereocenters. The highest BCUT2D eigenvalue weighted by atomic mass is 16.7. The standard InChI is InChI=1S/C17H26N4O5/c1-10(2)8-13(16(24)26-21-17(19)25)20-15(23)14(22)12(18)9-11-6-4-3-5-7-11/h3-7,10,12-14,22H,8-9,18H2,1-2H3,(H,20,23)(H3,19,21,25). The van der Waals surface area contributed by atoms with Crippen molar-refractivity contribution in [3.05, 3.63) is 35.9 Å². The Balaban J connectivity index is 2.68. The van der Waals surface area contributed by atoms with E-state index in [1.807, 2.05) is 44.2 Å². The zero-order valence-corrected chi connectivity index (χ0v) is 14.8. The van der Waals surface area contributed by atoms with E-state index in [4.69, 9.17) is 11.5 Å². The molecule has 1 rings (SSSR count). The Morgan fingerprint density at radius 3 is 2.35 bits per heavy atom. The molecule has 1 aromatic rings. The topological polar surface area (TPSA) is 157 Å². The molecule has 9 nitrogen and oxygen atoms in total. The monoisotopic (exact) mass is 366 g/mol. The zero-order chi connectivity index (χ0) is 19.7. The van der Waals surface area contributed by atoms with Gasteiger partial charge in [0.1, 0.15) is 12.1 Å². The molecule has 0 radical (unpaired) electrons. The predicted octanol–water partition coefficient (Wildman–Crippen LogP) is -0.425. The molecule has 9 heteroatoms. The van der Waals surface area contributed by atoms with Crippen molar-refractivity contribution in [3.8, 4) is 0 Å². The number of primary amides is 1. The lowest BCUT2D eigenvalue weighted by atomic mass is 10.00. The molecule has 0 saturated heterocycles. The molecule has 3 amide bonds. The van der Waals surface area contributed by atoms with Crippen molar-refractivity contribution >= 4 is 17.9 Å². The number of nitrogens with two attached hydrogens (primary N) is 2. The van der Waals surface area contributed by atoms with Crippen molar-refractivity contribution in [1.29, 1.82) is 0 Å². The Kier molecular flexibility index (Phi) is 8.53. The van der Waals surface area contributed by atoms with E-state index in [1.165, 1.54) is 0 Å². The lowest BCUT2D eigenvalue weighted by Gasteiger charge is -2.23. The highest BCUT2D eigenvalue weighted by molar-refractivity contribution is 5.87. The normalized spacial score (nSPS) is 14.2. The van der Waals surface area contributed by atoms with Crippen LogP contribution in [0.15, 0.2) is 30.3 Å². The SMILES string of the molecule is CC(C)CC(NC(=O)C(O)C(N)Cc1ccccc1)C(=O)ONC(N)=O. The van der Waals surface area contributed by atoms with Crippen molar-refractivity contribution < 1.29 is 24.3 Å². The summed E-state index contributed by atoms with van der Waals surface area (Å²) >= 11 is 0. The number of aliphatic hydroxyl groups is 1. The maximum atomic E-state index is 12.2. The zero-order valence-electron chi connectivity index (χ0n) is 14.8. The number of carbonyl (C=O) groups excluding carboxylic acids is 3. The van der Waals surface area contributed by atoms with Crippen LogP contribution in [-0.2, 0) is 20.8 Å². The fraction of sp³-hybridized carbons (Fsp3) is 0.471. The van der Waals surface area contributed by atoms with Crippen LogP contribution >= 0.6 is 0 Å². The summed E-state index contributed by atoms with van der Waals surface area (Å²) in [6.07, 6.45) is -0.981. The average molecular weight is 366 g/mol. The van der Waals surface area contributed by atoms with Gasteiger partial charge < -0.3 is 26.7 Å². The molecule has 0 bridgehead atoms. The van der Waals surface area contributed by atoms with Crippen molar-refractivity contribution in [1.82, 2.24) is 10.8 Å². The molecular formula is C17H26N4O5. The van der Waals surface area contributed by atoms with E-state index in [1.54, 1.807) is 5.48 Å². The number of carbonyl (C=O) groups is 3. The maximum Gasteiger partial charge on any atom is 0.354 e. The maximum absolute atomic E-state index is 12.2. The molecule has 0 saturated carbocycles. The van der Waals surface area contributed by atoms with E-state index in [2.05, 4.69) is 10.2 Å². The van der Waals surface area contributed by atoms with Gasteiger partial charge in [0.2, 0.25) is 0 Å². The Bertz CT molecular complexity index is 608. The molecule has 0 fully saturated rings. The number of hydrogen-bond donors (Lipinski definition) is 5. The van der Waals surface area contributed by atoms with Gasteiger partial charge in [0.15, 0.2) is 0 Å². The number of nitrogens with one attached hydrogen (secondary N) is 2. The fourth-order valence-corrected chi connectivity index (χ4v) is 2.31. The highest BCUT2D eigenvalue weighted by Crippen LogP contribution is 2.08. The van der Waals surface area contributed by atoms with E-state index in [9.17, 15) is 19.5 Å². The van der Waals surface area contributed by atoms with Crippen LogP contribution in [0.1, 0.15) is 25.8 Å². The molecule has 7 N–H and O–H groups in total. The molecular weight excluding hydrogens is 340 g/mol. The van der Waals surface area contributed by atoms with Crippen LogP contribution in [0, 0.1) is 5.92 Å². The van der Waals surface area contributed by atoms with Crippen LogP contribution in [0.25, 0.3) is 0 Å². The number of benzene rings is 1. The van der Waals surface area contributed by atoms with Gasteiger partial charge >= 0.3 is 12.0 Å². The average Bonchev–Trinajstić information content (AvgIpc) is 2.58. The third-order valence-corrected chi connectivity index (χ3v) is 3.55. The third-order valence-electron chi connectivity index (χ3n) is 3.55. The molecule has 3 atom stereocenters. The van der Waals surface area contributed by atoms with Crippen LogP contribution in [-0.4, -0.2) is 41.2 Å². The van der Waals surface area contributed by atoms with Gasteiger partial charge in [0, 0.05) is 6.04 Å². The van der Waals surface area contributed by atoms with Gasteiger partial charge in [-0.25, -0.2) is 9.59 Å². The summed E-state index contributed by atoms with van der Waals surface area (Å²) < 4.78 is 0. The number of urea groups is 1. The van der Waals surface area contributed by atoms with Crippen molar-refractivity contribution in [2.24, 2.45) is 17.4 Å². The second-order valence-electron chi connectivity index (χ2n) is 6.38. The quantitative estimate of drug-likeness (QED) is 0.393. The van der Waals surface area contributed by atoms with Crippen LogP contribution in [0.5, 0.6) is 0 Å². The lowest BCUT2D eigenvalue weighted by Crippen LogP contribution is -2.53. The van der Waals surface area contributed by atoms with Gasteiger partial charge in [-0.05, 0) is 24.3 Å². The summed E-state index contributed by atoms with van der Waals surface area (Å²) in [5, 5.41) is 12.6. The minimum atomic E-state index is -1.51. The predicted molar refractivity (Wildman–Crippen MR) is 94.3 cm³/mol. The van der Waals surface area contributed by atoms with Crippen LogP contribution in [0.4, 0.5) is 4.79 Å². The Labute approximate surface area is 152 Å². The van der Waals surface area contributed by atoms with Crippen molar-refractivity contribution in [3.63, 3.8) is 0 Å². The largest absolute Gasteiger partial charge is 0.382 e. The van der Waals surface area contributed by atoms with E-state index >= 15 is 0 Å². The summed E-state index contributed by atoms with van der Waals surface area (Å²) in [5.74, 6) is -1.65. The number of rotatable bonds is 8. The Morgan fingerprint density at radius 2 is 1.81 bits per heavy atom. The van der Waals surface area contributed by atoms with Crippen LogP contribution in [0.3, 0.4) is 0 Å². The molecule has 1 aromatic carbocycles. The minimum Gasteiger partial charge on any atom is -0.382 e. The first-order valence-electron chi connectivity index (χ1n) is 8.24. The molecule has 144 valence electrons. The molecule has 0 spiro atoms. The molecule has 0 aliphatic carbocycles. The minimum absolute atomic E-state index is 0.0385. The van der Waals surface area contributed by atoms with Gasteiger partial charge in [-0.15, -0.1) is 0 Å². The molecule has 0 heterocycles. The van der Waals surface area contributed by atoms with E-state index in [-0.39, 0.29) is 18.8 Å². The van der Waals surface area contributed by atoms with Crippen molar-refractivity contribution in [2.75, 3.05) is 0 Å². The van der Waals surface area contributed by atoms with Gasteiger partial charge in [-0.2, -0.15) is 5.48 Å². The van der Waals surface area contributed by atoms with E-state index in [0.717, 1.165) is 5.56 Å². The third kappa shape index (κ3) is 7.49. The Hall–Kier alpha value is -2.65. The first-order chi connectivity index (χ1) is 12.2. The summed E-state index contributed by atoms with van der Waals surface area (Å²) in [7, 11) is 0. The first kappa shape index (κ1) is 21.4. The molecule has 0 aliphatic heterocycles.